The summed E-state index contributed by atoms with van der Waals surface area (Å²) in [5.41, 5.74) is 6.75. The van der Waals surface area contributed by atoms with Crippen molar-refractivity contribution in [2.45, 2.75) is 39.2 Å². The highest BCUT2D eigenvalue weighted by Gasteiger charge is 2.20. The van der Waals surface area contributed by atoms with E-state index in [4.69, 9.17) is 10.2 Å². The molecule has 3 N–H and O–H groups in total. The van der Waals surface area contributed by atoms with Crippen molar-refractivity contribution in [2.75, 3.05) is 6.54 Å². The Morgan fingerprint density at radius 1 is 1.52 bits per heavy atom. The molecule has 1 unspecified atom stereocenters. The smallest absolute Gasteiger partial charge is 0.273 e. The van der Waals surface area contributed by atoms with Gasteiger partial charge < -0.3 is 15.5 Å². The van der Waals surface area contributed by atoms with E-state index in [-0.39, 0.29) is 24.4 Å². The molecule has 0 saturated carbocycles. The number of nitrogens with one attached hydrogen (secondary N) is 1. The second-order valence-corrected chi connectivity index (χ2v) is 5.37. The number of nitrogens with zero attached hydrogens (tertiary/aromatic N) is 3. The maximum absolute atomic E-state index is 12.3. The van der Waals surface area contributed by atoms with Crippen molar-refractivity contribution in [3.63, 3.8) is 0 Å². The zero-order chi connectivity index (χ0) is 16.1. The maximum Gasteiger partial charge on any atom is 0.273 e. The normalized spacial score (nSPS) is 11.8. The number of halogens is 1. The van der Waals surface area contributed by atoms with Gasteiger partial charge in [0.05, 0.1) is 11.8 Å². The Morgan fingerprint density at radius 2 is 2.26 bits per heavy atom. The summed E-state index contributed by atoms with van der Waals surface area (Å²) in [4.78, 5) is 16.6. The lowest BCUT2D eigenvalue weighted by Crippen LogP contribution is -2.40. The fourth-order valence-electron chi connectivity index (χ4n) is 2.22. The van der Waals surface area contributed by atoms with E-state index in [1.54, 1.807) is 24.0 Å². The highest BCUT2D eigenvalue weighted by atomic mass is 35.5. The van der Waals surface area contributed by atoms with Crippen LogP contribution in [0.4, 0.5) is 0 Å². The zero-order valence-electron chi connectivity index (χ0n) is 13.7. The summed E-state index contributed by atoms with van der Waals surface area (Å²) in [6, 6.07) is -0.0367. The van der Waals surface area contributed by atoms with Crippen LogP contribution in [0.1, 0.15) is 42.4 Å². The molecule has 7 nitrogen and oxygen atoms in total. The Balaban J connectivity index is 0.00000264. The van der Waals surface area contributed by atoms with Crippen LogP contribution in [0, 0.1) is 6.92 Å². The fraction of sp³-hybridized carbons (Fsp3) is 0.533. The number of carbonyl (C=O) groups excluding carboxylic acids is 1. The number of hydrogen-bond acceptors (Lipinski definition) is 5. The molecule has 2 aromatic heterocycles. The summed E-state index contributed by atoms with van der Waals surface area (Å²) in [6.45, 7) is 4.25. The molecule has 0 bridgehead atoms. The first kappa shape index (κ1) is 19.2. The van der Waals surface area contributed by atoms with Crippen LogP contribution in [-0.4, -0.2) is 33.3 Å². The molecule has 1 atom stereocenters. The SMILES string of the molecule is CCCCC(CN)NC(=O)c1nc(-c2cnn(C)c2)oc1C.Cl. The van der Waals surface area contributed by atoms with E-state index in [9.17, 15) is 4.79 Å². The molecule has 0 spiro atoms. The van der Waals surface area contributed by atoms with Crippen molar-refractivity contribution < 1.29 is 9.21 Å². The summed E-state index contributed by atoms with van der Waals surface area (Å²) in [5, 5.41) is 6.99. The van der Waals surface area contributed by atoms with Crippen LogP contribution in [0.5, 0.6) is 0 Å². The average molecular weight is 342 g/mol. The first-order valence-electron chi connectivity index (χ1n) is 7.52. The standard InChI is InChI=1S/C15H23N5O2.ClH/c1-4-5-6-12(7-16)18-14(21)13-10(2)22-15(19-13)11-8-17-20(3)9-11;/h8-9,12H,4-7,16H2,1-3H3,(H,18,21);1H. The van der Waals surface area contributed by atoms with E-state index in [2.05, 4.69) is 22.3 Å². The molecule has 1 amide bonds. The highest BCUT2D eigenvalue weighted by Crippen LogP contribution is 2.21. The third kappa shape index (κ3) is 4.80. The van der Waals surface area contributed by atoms with Gasteiger partial charge in [0.25, 0.3) is 5.91 Å². The lowest BCUT2D eigenvalue weighted by atomic mass is 10.1. The van der Waals surface area contributed by atoms with Crippen molar-refractivity contribution in [3.8, 4) is 11.5 Å². The maximum atomic E-state index is 12.3. The van der Waals surface area contributed by atoms with Gasteiger partial charge in [-0.25, -0.2) is 4.98 Å². The van der Waals surface area contributed by atoms with Crippen LogP contribution in [0.25, 0.3) is 11.5 Å². The Labute approximate surface area is 142 Å². The van der Waals surface area contributed by atoms with Crippen LogP contribution in [0.2, 0.25) is 0 Å². The first-order valence-corrected chi connectivity index (χ1v) is 7.52. The molecule has 2 rings (SSSR count). The Bertz CT molecular complexity index is 638. The number of carbonyl (C=O) groups is 1. The van der Waals surface area contributed by atoms with Crippen LogP contribution in [0.15, 0.2) is 16.8 Å². The summed E-state index contributed by atoms with van der Waals surface area (Å²) in [6.07, 6.45) is 6.40. The van der Waals surface area contributed by atoms with Crippen LogP contribution in [-0.2, 0) is 7.05 Å². The van der Waals surface area contributed by atoms with Crippen LogP contribution < -0.4 is 11.1 Å². The largest absolute Gasteiger partial charge is 0.440 e. The molecule has 128 valence electrons. The molecule has 0 aromatic carbocycles. The molecular weight excluding hydrogens is 318 g/mol. The number of hydrogen-bond donors (Lipinski definition) is 2. The van der Waals surface area contributed by atoms with E-state index in [1.807, 2.05) is 7.05 Å². The molecule has 8 heteroatoms. The predicted octanol–water partition coefficient (Wildman–Crippen LogP) is 2.05. The minimum Gasteiger partial charge on any atom is -0.440 e. The van der Waals surface area contributed by atoms with Gasteiger partial charge in [-0.3, -0.25) is 9.48 Å². The van der Waals surface area contributed by atoms with E-state index in [0.29, 0.717) is 23.9 Å². The lowest BCUT2D eigenvalue weighted by molar-refractivity contribution is 0.0930. The molecule has 0 aliphatic heterocycles. The zero-order valence-corrected chi connectivity index (χ0v) is 14.5. The number of oxazole rings is 1. The van der Waals surface area contributed by atoms with Gasteiger partial charge in [0.15, 0.2) is 5.69 Å². The van der Waals surface area contributed by atoms with Crippen LogP contribution in [0.3, 0.4) is 0 Å². The van der Waals surface area contributed by atoms with Gasteiger partial charge in [-0.1, -0.05) is 19.8 Å². The van der Waals surface area contributed by atoms with Gasteiger partial charge in [-0.2, -0.15) is 5.10 Å². The summed E-state index contributed by atoms with van der Waals surface area (Å²) in [7, 11) is 1.81. The third-order valence-electron chi connectivity index (χ3n) is 3.49. The molecule has 23 heavy (non-hydrogen) atoms. The molecule has 2 aromatic rings. The second-order valence-electron chi connectivity index (χ2n) is 5.37. The minimum atomic E-state index is -0.247. The third-order valence-corrected chi connectivity index (χ3v) is 3.49. The minimum absolute atomic E-state index is 0. The van der Waals surface area contributed by atoms with Crippen molar-refractivity contribution in [1.82, 2.24) is 20.1 Å². The number of nitrogens with two attached hydrogens (primary N) is 1. The Morgan fingerprint density at radius 3 is 2.83 bits per heavy atom. The Kier molecular flexibility index (Phi) is 7.25. The number of amides is 1. The molecule has 0 aliphatic rings. The number of unbranched alkanes of at least 4 members (excludes halogenated alkanes) is 1. The van der Waals surface area contributed by atoms with Crippen molar-refractivity contribution in [3.05, 3.63) is 23.8 Å². The topological polar surface area (TPSA) is 99.0 Å². The van der Waals surface area contributed by atoms with E-state index >= 15 is 0 Å². The van der Waals surface area contributed by atoms with Crippen LogP contribution >= 0.6 is 12.4 Å². The van der Waals surface area contributed by atoms with E-state index in [1.165, 1.54) is 0 Å². The molecular formula is C15H24ClN5O2. The Hall–Kier alpha value is -1.86. The molecule has 0 saturated heterocycles. The lowest BCUT2D eigenvalue weighted by Gasteiger charge is -2.15. The van der Waals surface area contributed by atoms with Gasteiger partial charge in [-0.05, 0) is 13.3 Å². The summed E-state index contributed by atoms with van der Waals surface area (Å²) >= 11 is 0. The van der Waals surface area contributed by atoms with Gasteiger partial charge in [0, 0.05) is 25.8 Å². The van der Waals surface area contributed by atoms with Gasteiger partial charge in [-0.15, -0.1) is 12.4 Å². The van der Waals surface area contributed by atoms with Gasteiger partial charge in [0.2, 0.25) is 5.89 Å². The summed E-state index contributed by atoms with van der Waals surface area (Å²) in [5.74, 6) is 0.638. The van der Waals surface area contributed by atoms with Crippen molar-refractivity contribution >= 4 is 18.3 Å². The molecule has 0 fully saturated rings. The highest BCUT2D eigenvalue weighted by molar-refractivity contribution is 5.93. The van der Waals surface area contributed by atoms with E-state index < -0.39 is 0 Å². The number of aromatic nitrogens is 3. The average Bonchev–Trinajstić information content (AvgIpc) is 3.09. The van der Waals surface area contributed by atoms with E-state index in [0.717, 1.165) is 24.8 Å². The van der Waals surface area contributed by atoms with Gasteiger partial charge >= 0.3 is 0 Å². The monoisotopic (exact) mass is 341 g/mol. The fourth-order valence-corrected chi connectivity index (χ4v) is 2.22. The van der Waals surface area contributed by atoms with Crippen molar-refractivity contribution in [2.24, 2.45) is 12.8 Å². The second kappa shape index (κ2) is 8.69. The summed E-state index contributed by atoms with van der Waals surface area (Å²) < 4.78 is 7.23. The number of rotatable bonds is 7. The quantitative estimate of drug-likeness (QED) is 0.803. The number of aryl methyl sites for hydroxylation is 2. The molecule has 2 heterocycles. The van der Waals surface area contributed by atoms with Gasteiger partial charge in [0.1, 0.15) is 5.76 Å². The molecule has 0 radical (unpaired) electrons. The predicted molar refractivity (Wildman–Crippen MR) is 90.5 cm³/mol. The first-order chi connectivity index (χ1) is 10.5. The molecule has 0 aliphatic carbocycles. The van der Waals surface area contributed by atoms with Crippen molar-refractivity contribution in [1.29, 1.82) is 0 Å².